The van der Waals surface area contributed by atoms with E-state index in [1.807, 2.05) is 6.92 Å². The van der Waals surface area contributed by atoms with Gasteiger partial charge < -0.3 is 4.74 Å². The first-order valence-electron chi connectivity index (χ1n) is 6.95. The number of aromatic nitrogens is 3. The van der Waals surface area contributed by atoms with Crippen molar-refractivity contribution in [3.8, 4) is 11.4 Å². The van der Waals surface area contributed by atoms with E-state index in [9.17, 15) is 10.1 Å². The smallest absolute Gasteiger partial charge is 0.316 e. The molecular formula is C14H16N4O3. The van der Waals surface area contributed by atoms with Crippen LogP contribution in [0.4, 0.5) is 5.69 Å². The normalized spacial score (nSPS) is 21.0. The van der Waals surface area contributed by atoms with Crippen LogP contribution in [0.2, 0.25) is 0 Å². The summed E-state index contributed by atoms with van der Waals surface area (Å²) in [6.45, 7) is 2.65. The minimum Gasteiger partial charge on any atom is -0.378 e. The van der Waals surface area contributed by atoms with Crippen LogP contribution in [0.1, 0.15) is 25.8 Å². The summed E-state index contributed by atoms with van der Waals surface area (Å²) >= 11 is 0. The van der Waals surface area contributed by atoms with Crippen LogP contribution in [-0.2, 0) is 4.74 Å². The molecule has 2 aromatic heterocycles. The third kappa shape index (κ3) is 2.64. The fourth-order valence-electron chi connectivity index (χ4n) is 2.51. The van der Waals surface area contributed by atoms with Crippen molar-refractivity contribution in [3.05, 3.63) is 40.7 Å². The average molecular weight is 288 g/mol. The lowest BCUT2D eigenvalue weighted by Gasteiger charge is -2.34. The Hall–Kier alpha value is -2.28. The molecule has 1 aliphatic carbocycles. The zero-order valence-corrected chi connectivity index (χ0v) is 11.7. The molecule has 0 bridgehead atoms. The van der Waals surface area contributed by atoms with E-state index in [1.54, 1.807) is 29.1 Å². The first-order chi connectivity index (χ1) is 10.2. The van der Waals surface area contributed by atoms with Crippen LogP contribution >= 0.6 is 0 Å². The molecule has 0 amide bonds. The fraction of sp³-hybridized carbons (Fsp3) is 0.429. The van der Waals surface area contributed by atoms with Crippen molar-refractivity contribution in [2.45, 2.75) is 31.9 Å². The molecule has 0 saturated heterocycles. The molecule has 2 heterocycles. The topological polar surface area (TPSA) is 83.1 Å². The molecule has 7 heteroatoms. The molecule has 2 aromatic rings. The Kier molecular flexibility index (Phi) is 3.66. The molecule has 1 aliphatic rings. The molecule has 0 atom stereocenters. The highest BCUT2D eigenvalue weighted by Gasteiger charge is 2.34. The molecule has 1 saturated carbocycles. The molecule has 0 radical (unpaired) electrons. The Balaban J connectivity index is 1.86. The van der Waals surface area contributed by atoms with Gasteiger partial charge in [-0.15, -0.1) is 0 Å². The van der Waals surface area contributed by atoms with Crippen molar-refractivity contribution in [2.24, 2.45) is 0 Å². The zero-order valence-electron chi connectivity index (χ0n) is 11.7. The summed E-state index contributed by atoms with van der Waals surface area (Å²) in [5.41, 5.74) is 0.831. The van der Waals surface area contributed by atoms with Gasteiger partial charge in [0, 0.05) is 12.8 Å². The highest BCUT2D eigenvalue weighted by atomic mass is 16.6. The highest BCUT2D eigenvalue weighted by Crippen LogP contribution is 2.37. The summed E-state index contributed by atoms with van der Waals surface area (Å²) < 4.78 is 7.19. The quantitative estimate of drug-likeness (QED) is 0.623. The summed E-state index contributed by atoms with van der Waals surface area (Å²) in [6.07, 6.45) is 5.02. The van der Waals surface area contributed by atoms with Crippen molar-refractivity contribution in [3.63, 3.8) is 0 Å². The number of ether oxygens (including phenoxy) is 1. The molecule has 110 valence electrons. The van der Waals surface area contributed by atoms with Crippen molar-refractivity contribution >= 4 is 5.69 Å². The first-order valence-corrected chi connectivity index (χ1v) is 6.95. The summed E-state index contributed by atoms with van der Waals surface area (Å²) in [4.78, 5) is 14.9. The molecule has 0 spiro atoms. The van der Waals surface area contributed by atoms with Gasteiger partial charge in [-0.3, -0.25) is 19.8 Å². The van der Waals surface area contributed by atoms with Crippen LogP contribution in [-0.4, -0.2) is 32.4 Å². The predicted molar refractivity (Wildman–Crippen MR) is 75.8 cm³/mol. The second-order valence-corrected chi connectivity index (χ2v) is 5.02. The predicted octanol–water partition coefficient (Wildman–Crippen LogP) is 2.59. The number of nitrogens with zero attached hydrogens (tertiary/aromatic N) is 4. The molecule has 3 rings (SSSR count). The largest absolute Gasteiger partial charge is 0.378 e. The van der Waals surface area contributed by atoms with E-state index in [1.165, 1.54) is 6.20 Å². The summed E-state index contributed by atoms with van der Waals surface area (Å²) in [5, 5.41) is 15.6. The molecule has 0 N–H and O–H groups in total. The molecule has 21 heavy (non-hydrogen) atoms. The van der Waals surface area contributed by atoms with Crippen LogP contribution in [0.25, 0.3) is 11.4 Å². The van der Waals surface area contributed by atoms with E-state index in [0.29, 0.717) is 18.0 Å². The number of nitro groups is 1. The molecule has 0 unspecified atom stereocenters. The molecule has 1 fully saturated rings. The van der Waals surface area contributed by atoms with Gasteiger partial charge in [0.05, 0.1) is 22.8 Å². The minimum absolute atomic E-state index is 0.00596. The monoisotopic (exact) mass is 288 g/mol. The Bertz CT molecular complexity index is 635. The van der Waals surface area contributed by atoms with Gasteiger partial charge in [-0.05, 0) is 31.9 Å². The summed E-state index contributed by atoms with van der Waals surface area (Å²) in [6, 6.07) is 5.45. The van der Waals surface area contributed by atoms with Gasteiger partial charge in [-0.2, -0.15) is 5.10 Å². The lowest BCUT2D eigenvalue weighted by Crippen LogP contribution is -2.33. The summed E-state index contributed by atoms with van der Waals surface area (Å²) in [5.74, 6) is 0. The van der Waals surface area contributed by atoms with E-state index in [0.717, 1.165) is 12.8 Å². The molecular weight excluding hydrogens is 272 g/mol. The van der Waals surface area contributed by atoms with Gasteiger partial charge in [-0.1, -0.05) is 6.07 Å². The SMILES string of the molecule is CCO[C@H]1C[C@@H](n2cc([N+](=O)[O-])c(-c3ccccn3)n2)C1. The number of pyridine rings is 1. The fourth-order valence-corrected chi connectivity index (χ4v) is 2.51. The van der Waals surface area contributed by atoms with Gasteiger partial charge in [0.25, 0.3) is 0 Å². The maximum Gasteiger partial charge on any atom is 0.316 e. The first kappa shape index (κ1) is 13.7. The summed E-state index contributed by atoms with van der Waals surface area (Å²) in [7, 11) is 0. The Morgan fingerprint density at radius 3 is 2.90 bits per heavy atom. The maximum absolute atomic E-state index is 11.2. The van der Waals surface area contributed by atoms with Crippen LogP contribution in [0.3, 0.4) is 0 Å². The average Bonchev–Trinajstić information content (AvgIpc) is 2.88. The van der Waals surface area contributed by atoms with Gasteiger partial charge in [0.2, 0.25) is 0 Å². The standard InChI is InChI=1S/C14H16N4O3/c1-2-21-11-7-10(8-11)17-9-13(18(19)20)14(16-17)12-5-3-4-6-15-12/h3-6,9-11H,2,7-8H2,1H3/t10-,11+. The van der Waals surface area contributed by atoms with Crippen LogP contribution < -0.4 is 0 Å². The van der Waals surface area contributed by atoms with E-state index in [2.05, 4.69) is 10.1 Å². The third-order valence-electron chi connectivity index (χ3n) is 3.66. The Morgan fingerprint density at radius 2 is 2.29 bits per heavy atom. The maximum atomic E-state index is 11.2. The van der Waals surface area contributed by atoms with Gasteiger partial charge in [0.15, 0.2) is 5.69 Å². The van der Waals surface area contributed by atoms with Crippen molar-refractivity contribution in [2.75, 3.05) is 6.61 Å². The third-order valence-corrected chi connectivity index (χ3v) is 3.66. The van der Waals surface area contributed by atoms with Crippen molar-refractivity contribution in [1.82, 2.24) is 14.8 Å². The minimum atomic E-state index is -0.411. The number of hydrogen-bond donors (Lipinski definition) is 0. The van der Waals surface area contributed by atoms with E-state index >= 15 is 0 Å². The molecule has 7 nitrogen and oxygen atoms in total. The van der Waals surface area contributed by atoms with Gasteiger partial charge in [-0.25, -0.2) is 0 Å². The Morgan fingerprint density at radius 1 is 1.48 bits per heavy atom. The zero-order chi connectivity index (χ0) is 14.8. The van der Waals surface area contributed by atoms with E-state index < -0.39 is 4.92 Å². The lowest BCUT2D eigenvalue weighted by atomic mass is 9.89. The second-order valence-electron chi connectivity index (χ2n) is 5.02. The Labute approximate surface area is 121 Å². The van der Waals surface area contributed by atoms with E-state index in [-0.39, 0.29) is 17.8 Å². The van der Waals surface area contributed by atoms with Crippen LogP contribution in [0.15, 0.2) is 30.6 Å². The van der Waals surface area contributed by atoms with Gasteiger partial charge >= 0.3 is 5.69 Å². The van der Waals surface area contributed by atoms with Gasteiger partial charge in [0.1, 0.15) is 6.20 Å². The molecule has 0 aliphatic heterocycles. The number of hydrogen-bond acceptors (Lipinski definition) is 5. The molecule has 0 aromatic carbocycles. The van der Waals surface area contributed by atoms with E-state index in [4.69, 9.17) is 4.74 Å². The van der Waals surface area contributed by atoms with Crippen LogP contribution in [0, 0.1) is 10.1 Å². The lowest BCUT2D eigenvalue weighted by molar-refractivity contribution is -0.384. The van der Waals surface area contributed by atoms with Crippen molar-refractivity contribution < 1.29 is 9.66 Å². The van der Waals surface area contributed by atoms with Crippen LogP contribution in [0.5, 0.6) is 0 Å². The van der Waals surface area contributed by atoms with Crippen molar-refractivity contribution in [1.29, 1.82) is 0 Å². The highest BCUT2D eigenvalue weighted by molar-refractivity contribution is 5.65. The number of rotatable bonds is 5. The second kappa shape index (κ2) is 5.61.